The van der Waals surface area contributed by atoms with Gasteiger partial charge in [0.2, 0.25) is 5.91 Å². The van der Waals surface area contributed by atoms with Crippen molar-refractivity contribution in [3.05, 3.63) is 30.1 Å². The highest BCUT2D eigenvalue weighted by atomic mass is 16.5. The Kier molecular flexibility index (Phi) is 4.52. The highest BCUT2D eigenvalue weighted by Gasteiger charge is 2.10. The van der Waals surface area contributed by atoms with Gasteiger partial charge in [-0.2, -0.15) is 0 Å². The van der Waals surface area contributed by atoms with Crippen LogP contribution in [0.5, 0.6) is 0 Å². The maximum Gasteiger partial charge on any atom is 0.220 e. The van der Waals surface area contributed by atoms with Crippen LogP contribution in [0, 0.1) is 0 Å². The summed E-state index contributed by atoms with van der Waals surface area (Å²) in [5.41, 5.74) is 2.01. The Bertz CT molecular complexity index is 563. The van der Waals surface area contributed by atoms with Crippen LogP contribution in [0.4, 0.5) is 0 Å². The third kappa shape index (κ3) is 3.12. The fourth-order valence-corrected chi connectivity index (χ4v) is 2.00. The first kappa shape index (κ1) is 13.5. The van der Waals surface area contributed by atoms with Crippen molar-refractivity contribution in [2.75, 3.05) is 13.7 Å². The lowest BCUT2D eigenvalue weighted by atomic mass is 10.3. The fraction of sp³-hybridized carbons (Fsp3) is 0.429. The van der Waals surface area contributed by atoms with E-state index in [4.69, 9.17) is 4.74 Å². The first-order valence-electron chi connectivity index (χ1n) is 6.46. The number of nitrogens with one attached hydrogen (secondary N) is 1. The first-order valence-corrected chi connectivity index (χ1v) is 6.46. The van der Waals surface area contributed by atoms with Gasteiger partial charge in [-0.25, -0.2) is 4.98 Å². The van der Waals surface area contributed by atoms with Crippen LogP contribution in [-0.4, -0.2) is 29.2 Å². The molecule has 0 fully saturated rings. The SMILES string of the molecule is CCC(=O)NCc1nc2ccccc2n1CCOC. The summed E-state index contributed by atoms with van der Waals surface area (Å²) in [4.78, 5) is 15.9. The normalized spacial score (nSPS) is 10.8. The standard InChI is InChI=1S/C14H19N3O2/c1-3-14(18)15-10-13-16-11-6-4-5-7-12(11)17(13)8-9-19-2/h4-7H,3,8-10H2,1-2H3,(H,15,18). The summed E-state index contributed by atoms with van der Waals surface area (Å²) in [5.74, 6) is 0.894. The molecule has 0 saturated heterocycles. The van der Waals surface area contributed by atoms with Crippen molar-refractivity contribution in [3.63, 3.8) is 0 Å². The Labute approximate surface area is 112 Å². The lowest BCUT2D eigenvalue weighted by molar-refractivity contribution is -0.120. The minimum atomic E-state index is 0.0327. The zero-order chi connectivity index (χ0) is 13.7. The number of imidazole rings is 1. The average molecular weight is 261 g/mol. The summed E-state index contributed by atoms with van der Waals surface area (Å²) in [7, 11) is 1.68. The molecule has 0 unspecified atom stereocenters. The largest absolute Gasteiger partial charge is 0.383 e. The summed E-state index contributed by atoms with van der Waals surface area (Å²) in [6, 6.07) is 7.96. The zero-order valence-corrected chi connectivity index (χ0v) is 11.3. The molecule has 5 heteroatoms. The summed E-state index contributed by atoms with van der Waals surface area (Å²) in [6.07, 6.45) is 0.484. The molecule has 0 radical (unpaired) electrons. The third-order valence-electron chi connectivity index (χ3n) is 3.02. The molecule has 0 aliphatic carbocycles. The van der Waals surface area contributed by atoms with E-state index in [1.807, 2.05) is 31.2 Å². The molecule has 0 spiro atoms. The molecule has 0 aliphatic heterocycles. The number of para-hydroxylation sites is 2. The maximum atomic E-state index is 11.4. The summed E-state index contributed by atoms with van der Waals surface area (Å²) in [5, 5.41) is 2.86. The molecule has 1 N–H and O–H groups in total. The van der Waals surface area contributed by atoms with Gasteiger partial charge in [0.1, 0.15) is 5.82 Å². The smallest absolute Gasteiger partial charge is 0.220 e. The fourth-order valence-electron chi connectivity index (χ4n) is 2.00. The van der Waals surface area contributed by atoms with E-state index in [2.05, 4.69) is 14.9 Å². The number of benzene rings is 1. The number of methoxy groups -OCH3 is 1. The van der Waals surface area contributed by atoms with E-state index in [1.54, 1.807) is 7.11 Å². The molecule has 2 rings (SSSR count). The zero-order valence-electron chi connectivity index (χ0n) is 11.3. The Morgan fingerprint density at radius 1 is 1.42 bits per heavy atom. The maximum absolute atomic E-state index is 11.4. The molecule has 2 aromatic rings. The first-order chi connectivity index (χ1) is 9.26. The predicted octanol–water partition coefficient (Wildman–Crippen LogP) is 1.71. The van der Waals surface area contributed by atoms with E-state index >= 15 is 0 Å². The topological polar surface area (TPSA) is 56.2 Å². The van der Waals surface area contributed by atoms with Gasteiger partial charge < -0.3 is 14.6 Å². The van der Waals surface area contributed by atoms with Crippen LogP contribution in [0.3, 0.4) is 0 Å². The number of amides is 1. The Hall–Kier alpha value is -1.88. The van der Waals surface area contributed by atoms with Crippen molar-refractivity contribution in [2.24, 2.45) is 0 Å². The van der Waals surface area contributed by atoms with Crippen molar-refractivity contribution in [2.45, 2.75) is 26.4 Å². The van der Waals surface area contributed by atoms with E-state index in [0.29, 0.717) is 19.6 Å². The van der Waals surface area contributed by atoms with Gasteiger partial charge in [0.15, 0.2) is 0 Å². The number of fused-ring (bicyclic) bond motifs is 1. The molecule has 5 nitrogen and oxygen atoms in total. The van der Waals surface area contributed by atoms with Crippen LogP contribution in [-0.2, 0) is 22.6 Å². The van der Waals surface area contributed by atoms with E-state index in [0.717, 1.165) is 23.4 Å². The molecule has 0 aliphatic rings. The number of aromatic nitrogens is 2. The van der Waals surface area contributed by atoms with Crippen molar-refractivity contribution in [1.29, 1.82) is 0 Å². The predicted molar refractivity (Wildman–Crippen MR) is 73.7 cm³/mol. The van der Waals surface area contributed by atoms with Gasteiger partial charge in [-0.3, -0.25) is 4.79 Å². The van der Waals surface area contributed by atoms with Crippen molar-refractivity contribution >= 4 is 16.9 Å². The van der Waals surface area contributed by atoms with E-state index in [1.165, 1.54) is 0 Å². The number of carbonyl (C=O) groups is 1. The lowest BCUT2D eigenvalue weighted by Crippen LogP contribution is -2.24. The minimum absolute atomic E-state index is 0.0327. The number of hydrogen-bond donors (Lipinski definition) is 1. The minimum Gasteiger partial charge on any atom is -0.383 e. The number of rotatable bonds is 6. The van der Waals surface area contributed by atoms with Crippen LogP contribution >= 0.6 is 0 Å². The van der Waals surface area contributed by atoms with Crippen LogP contribution in [0.15, 0.2) is 24.3 Å². The average Bonchev–Trinajstić information content (AvgIpc) is 2.80. The highest BCUT2D eigenvalue weighted by Crippen LogP contribution is 2.15. The Balaban J connectivity index is 2.27. The van der Waals surface area contributed by atoms with Crippen molar-refractivity contribution in [1.82, 2.24) is 14.9 Å². The van der Waals surface area contributed by atoms with E-state index in [-0.39, 0.29) is 5.91 Å². The summed E-state index contributed by atoms with van der Waals surface area (Å²) >= 11 is 0. The molecule has 1 aromatic carbocycles. The molecular weight excluding hydrogens is 242 g/mol. The van der Waals surface area contributed by atoms with E-state index < -0.39 is 0 Å². The molecule has 1 amide bonds. The van der Waals surface area contributed by atoms with Gasteiger partial charge in [-0.15, -0.1) is 0 Å². The van der Waals surface area contributed by atoms with Gasteiger partial charge in [0.05, 0.1) is 24.2 Å². The highest BCUT2D eigenvalue weighted by molar-refractivity contribution is 5.77. The molecule has 1 heterocycles. The summed E-state index contributed by atoms with van der Waals surface area (Å²) in [6.45, 7) is 3.64. The van der Waals surface area contributed by atoms with Crippen LogP contribution < -0.4 is 5.32 Å². The van der Waals surface area contributed by atoms with Crippen molar-refractivity contribution in [3.8, 4) is 0 Å². The second-order valence-corrected chi connectivity index (χ2v) is 4.29. The monoisotopic (exact) mass is 261 g/mol. The molecule has 1 aromatic heterocycles. The van der Waals surface area contributed by atoms with Gasteiger partial charge in [0, 0.05) is 20.1 Å². The molecule has 19 heavy (non-hydrogen) atoms. The Morgan fingerprint density at radius 2 is 2.21 bits per heavy atom. The second kappa shape index (κ2) is 6.33. The quantitative estimate of drug-likeness (QED) is 0.861. The lowest BCUT2D eigenvalue weighted by Gasteiger charge is -2.09. The second-order valence-electron chi connectivity index (χ2n) is 4.29. The van der Waals surface area contributed by atoms with Gasteiger partial charge in [-0.05, 0) is 12.1 Å². The van der Waals surface area contributed by atoms with Crippen LogP contribution in [0.2, 0.25) is 0 Å². The van der Waals surface area contributed by atoms with Gasteiger partial charge in [0.25, 0.3) is 0 Å². The molecular formula is C14H19N3O2. The van der Waals surface area contributed by atoms with Crippen LogP contribution in [0.1, 0.15) is 19.2 Å². The van der Waals surface area contributed by atoms with Crippen molar-refractivity contribution < 1.29 is 9.53 Å². The van der Waals surface area contributed by atoms with Gasteiger partial charge in [-0.1, -0.05) is 19.1 Å². The molecule has 0 atom stereocenters. The third-order valence-corrected chi connectivity index (χ3v) is 3.02. The summed E-state index contributed by atoms with van der Waals surface area (Å²) < 4.78 is 7.22. The molecule has 102 valence electrons. The Morgan fingerprint density at radius 3 is 2.95 bits per heavy atom. The number of carbonyl (C=O) groups excluding carboxylic acids is 1. The van der Waals surface area contributed by atoms with Crippen LogP contribution in [0.25, 0.3) is 11.0 Å². The molecule has 0 bridgehead atoms. The number of nitrogens with zero attached hydrogens (tertiary/aromatic N) is 2. The number of ether oxygens (including phenoxy) is 1. The van der Waals surface area contributed by atoms with Gasteiger partial charge >= 0.3 is 0 Å². The number of hydrogen-bond acceptors (Lipinski definition) is 3. The molecule has 0 saturated carbocycles. The van der Waals surface area contributed by atoms with E-state index in [9.17, 15) is 4.79 Å².